The monoisotopic (exact) mass is 139 g/mol. The lowest BCUT2D eigenvalue weighted by Crippen LogP contribution is -2.40. The van der Waals surface area contributed by atoms with E-state index in [0.717, 1.165) is 11.3 Å². The van der Waals surface area contributed by atoms with E-state index in [-0.39, 0.29) is 0 Å². The van der Waals surface area contributed by atoms with Crippen LogP contribution >= 0.6 is 0 Å². The molecule has 0 bridgehead atoms. The second-order valence-corrected chi connectivity index (χ2v) is 4.02. The Balaban J connectivity index is 1.92. The third kappa shape index (κ3) is 0.878. The van der Waals surface area contributed by atoms with Crippen molar-refractivity contribution in [2.75, 3.05) is 13.6 Å². The Labute approximate surface area is 63.2 Å². The lowest BCUT2D eigenvalue weighted by atomic mass is 9.65. The topological polar surface area (TPSA) is 12.0 Å². The minimum absolute atomic E-state index is 0.773. The highest BCUT2D eigenvalue weighted by atomic mass is 14.8. The molecule has 2 rings (SSSR count). The number of hydrogen-bond donors (Lipinski definition) is 1. The predicted octanol–water partition coefficient (Wildman–Crippen LogP) is 1.79. The lowest BCUT2D eigenvalue weighted by molar-refractivity contribution is 0.102. The molecular weight excluding hydrogens is 122 g/mol. The molecule has 0 heterocycles. The van der Waals surface area contributed by atoms with E-state index in [1.165, 1.54) is 38.6 Å². The molecule has 0 unspecified atom stereocenters. The van der Waals surface area contributed by atoms with Gasteiger partial charge in [-0.3, -0.25) is 0 Å². The summed E-state index contributed by atoms with van der Waals surface area (Å²) in [5, 5.41) is 3.33. The van der Waals surface area contributed by atoms with Crippen molar-refractivity contribution in [1.29, 1.82) is 0 Å². The quantitative estimate of drug-likeness (QED) is 0.628. The number of hydrogen-bond acceptors (Lipinski definition) is 1. The van der Waals surface area contributed by atoms with Gasteiger partial charge in [0.25, 0.3) is 0 Å². The molecule has 0 spiro atoms. The third-order valence-corrected chi connectivity index (χ3v) is 3.32. The van der Waals surface area contributed by atoms with E-state index < -0.39 is 0 Å². The van der Waals surface area contributed by atoms with Crippen LogP contribution in [-0.4, -0.2) is 13.6 Å². The van der Waals surface area contributed by atoms with E-state index in [4.69, 9.17) is 0 Å². The normalized spacial score (nSPS) is 29.7. The summed E-state index contributed by atoms with van der Waals surface area (Å²) in [6.45, 7) is 1.28. The van der Waals surface area contributed by atoms with Crippen LogP contribution in [0.25, 0.3) is 0 Å². The van der Waals surface area contributed by atoms with E-state index in [2.05, 4.69) is 12.4 Å². The highest BCUT2D eigenvalue weighted by molar-refractivity contribution is 5.00. The van der Waals surface area contributed by atoms with Crippen LogP contribution in [0.3, 0.4) is 0 Å². The third-order valence-electron chi connectivity index (χ3n) is 3.32. The molecular formula is C9H17N. The summed E-state index contributed by atoms with van der Waals surface area (Å²) in [6.07, 6.45) is 7.51. The summed E-state index contributed by atoms with van der Waals surface area (Å²) in [6, 6.07) is 0. The standard InChI is InChI=1S/C9H17N/c1-10-7-9(5-2-6-9)8-3-4-8/h8,10H,2-7H2,1H3. The van der Waals surface area contributed by atoms with Gasteiger partial charge in [-0.2, -0.15) is 0 Å². The molecule has 58 valence electrons. The summed E-state index contributed by atoms with van der Waals surface area (Å²) in [4.78, 5) is 0. The van der Waals surface area contributed by atoms with Crippen LogP contribution < -0.4 is 5.32 Å². The van der Waals surface area contributed by atoms with Crippen molar-refractivity contribution < 1.29 is 0 Å². The first-order valence-electron chi connectivity index (χ1n) is 4.52. The average Bonchev–Trinajstić information content (AvgIpc) is 2.60. The first-order chi connectivity index (χ1) is 4.87. The van der Waals surface area contributed by atoms with Gasteiger partial charge < -0.3 is 5.32 Å². The maximum absolute atomic E-state index is 3.33. The lowest BCUT2D eigenvalue weighted by Gasteiger charge is -2.42. The van der Waals surface area contributed by atoms with Crippen LogP contribution in [0, 0.1) is 11.3 Å². The summed E-state index contributed by atoms with van der Waals surface area (Å²) in [7, 11) is 2.09. The first-order valence-corrected chi connectivity index (χ1v) is 4.52. The van der Waals surface area contributed by atoms with Crippen molar-refractivity contribution in [2.24, 2.45) is 11.3 Å². The van der Waals surface area contributed by atoms with Gasteiger partial charge in [0.15, 0.2) is 0 Å². The molecule has 0 aromatic carbocycles. The molecule has 2 aliphatic carbocycles. The minimum Gasteiger partial charge on any atom is -0.319 e. The molecule has 0 aromatic rings. The SMILES string of the molecule is CNCC1(C2CC2)CCC1. The second kappa shape index (κ2) is 2.23. The van der Waals surface area contributed by atoms with Crippen LogP contribution in [0.15, 0.2) is 0 Å². The van der Waals surface area contributed by atoms with E-state index >= 15 is 0 Å². The molecule has 1 nitrogen and oxygen atoms in total. The van der Waals surface area contributed by atoms with Crippen LogP contribution in [0.4, 0.5) is 0 Å². The Morgan fingerprint density at radius 3 is 2.40 bits per heavy atom. The molecule has 1 N–H and O–H groups in total. The van der Waals surface area contributed by atoms with Gasteiger partial charge in [0.05, 0.1) is 0 Å². The maximum Gasteiger partial charge on any atom is 0.000746 e. The van der Waals surface area contributed by atoms with Gasteiger partial charge in [-0.15, -0.1) is 0 Å². The van der Waals surface area contributed by atoms with Crippen molar-refractivity contribution in [2.45, 2.75) is 32.1 Å². The average molecular weight is 139 g/mol. The van der Waals surface area contributed by atoms with Crippen molar-refractivity contribution >= 4 is 0 Å². The minimum atomic E-state index is 0.773. The zero-order valence-electron chi connectivity index (χ0n) is 6.82. The Hall–Kier alpha value is -0.0400. The fourth-order valence-electron chi connectivity index (χ4n) is 2.41. The molecule has 10 heavy (non-hydrogen) atoms. The predicted molar refractivity (Wildman–Crippen MR) is 42.9 cm³/mol. The van der Waals surface area contributed by atoms with Crippen LogP contribution in [0.5, 0.6) is 0 Å². The molecule has 0 amide bonds. The molecule has 2 fully saturated rings. The van der Waals surface area contributed by atoms with Crippen molar-refractivity contribution in [3.63, 3.8) is 0 Å². The van der Waals surface area contributed by atoms with Crippen molar-refractivity contribution in [1.82, 2.24) is 5.32 Å². The van der Waals surface area contributed by atoms with Gasteiger partial charge in [-0.25, -0.2) is 0 Å². The first kappa shape index (κ1) is 6.66. The van der Waals surface area contributed by atoms with Gasteiger partial charge in [0, 0.05) is 6.54 Å². The van der Waals surface area contributed by atoms with E-state index in [1.54, 1.807) is 0 Å². The van der Waals surface area contributed by atoms with Crippen LogP contribution in [0.1, 0.15) is 32.1 Å². The summed E-state index contributed by atoms with van der Waals surface area (Å²) in [5.74, 6) is 1.11. The molecule has 1 heteroatoms. The zero-order chi connectivity index (χ0) is 7.03. The molecule has 0 aliphatic heterocycles. The van der Waals surface area contributed by atoms with Gasteiger partial charge in [-0.1, -0.05) is 6.42 Å². The van der Waals surface area contributed by atoms with E-state index in [1.807, 2.05) is 0 Å². The molecule has 0 aromatic heterocycles. The van der Waals surface area contributed by atoms with Gasteiger partial charge >= 0.3 is 0 Å². The largest absolute Gasteiger partial charge is 0.319 e. The van der Waals surface area contributed by atoms with Crippen LogP contribution in [0.2, 0.25) is 0 Å². The molecule has 2 aliphatic rings. The van der Waals surface area contributed by atoms with Crippen molar-refractivity contribution in [3.8, 4) is 0 Å². The summed E-state index contributed by atoms with van der Waals surface area (Å²) in [5.41, 5.74) is 0.773. The Kier molecular flexibility index (Phi) is 1.48. The smallest absolute Gasteiger partial charge is 0.000746 e. The number of nitrogens with one attached hydrogen (secondary N) is 1. The Morgan fingerprint density at radius 2 is 2.10 bits per heavy atom. The highest BCUT2D eigenvalue weighted by Crippen LogP contribution is 2.56. The van der Waals surface area contributed by atoms with Crippen LogP contribution in [-0.2, 0) is 0 Å². The summed E-state index contributed by atoms with van der Waals surface area (Å²) >= 11 is 0. The van der Waals surface area contributed by atoms with Gasteiger partial charge in [0.1, 0.15) is 0 Å². The maximum atomic E-state index is 3.33. The zero-order valence-corrected chi connectivity index (χ0v) is 6.82. The summed E-state index contributed by atoms with van der Waals surface area (Å²) < 4.78 is 0. The Bertz CT molecular complexity index is 123. The van der Waals surface area contributed by atoms with Crippen molar-refractivity contribution in [3.05, 3.63) is 0 Å². The Morgan fingerprint density at radius 1 is 1.40 bits per heavy atom. The van der Waals surface area contributed by atoms with Gasteiger partial charge in [0.2, 0.25) is 0 Å². The molecule has 0 saturated heterocycles. The highest BCUT2D eigenvalue weighted by Gasteiger charge is 2.48. The molecule has 0 radical (unpaired) electrons. The fourth-order valence-corrected chi connectivity index (χ4v) is 2.41. The second-order valence-electron chi connectivity index (χ2n) is 4.02. The number of rotatable bonds is 3. The van der Waals surface area contributed by atoms with E-state index in [0.29, 0.717) is 0 Å². The molecule has 2 saturated carbocycles. The van der Waals surface area contributed by atoms with E-state index in [9.17, 15) is 0 Å². The fraction of sp³-hybridized carbons (Fsp3) is 1.00. The van der Waals surface area contributed by atoms with Gasteiger partial charge in [-0.05, 0) is 44.1 Å². The molecule has 0 atom stereocenters.